The van der Waals surface area contributed by atoms with Crippen LogP contribution in [0.2, 0.25) is 0 Å². The molecule has 0 atom stereocenters. The van der Waals surface area contributed by atoms with Crippen LogP contribution in [-0.4, -0.2) is 23.8 Å². The second-order valence-corrected chi connectivity index (χ2v) is 5.07. The number of carbonyl (C=O) groups excluding carboxylic acids is 2. The van der Waals surface area contributed by atoms with Gasteiger partial charge >= 0.3 is 11.3 Å². The highest BCUT2D eigenvalue weighted by atomic mass is 32.2. The SMILES string of the molecule is CCCSC(=O)OCOC(=O)C(C)(C)C. The van der Waals surface area contributed by atoms with E-state index >= 15 is 0 Å². The predicted octanol–water partition coefficient (Wildman–Crippen LogP) is 2.81. The zero-order valence-electron chi connectivity index (χ0n) is 9.66. The Morgan fingerprint density at radius 1 is 1.20 bits per heavy atom. The lowest BCUT2D eigenvalue weighted by Crippen LogP contribution is -2.24. The van der Waals surface area contributed by atoms with E-state index in [1.54, 1.807) is 20.8 Å². The van der Waals surface area contributed by atoms with E-state index in [9.17, 15) is 9.59 Å². The van der Waals surface area contributed by atoms with Crippen LogP contribution in [0.1, 0.15) is 34.1 Å². The van der Waals surface area contributed by atoms with Crippen molar-refractivity contribution in [3.63, 3.8) is 0 Å². The van der Waals surface area contributed by atoms with Crippen LogP contribution in [0.4, 0.5) is 4.79 Å². The Bertz CT molecular complexity index is 220. The standard InChI is InChI=1S/C10H18O4S/c1-5-6-15-9(12)14-7-13-8(11)10(2,3)4/h5-7H2,1-4H3. The molecule has 0 aromatic heterocycles. The maximum Gasteiger partial charge on any atom is 0.370 e. The van der Waals surface area contributed by atoms with Crippen molar-refractivity contribution in [1.82, 2.24) is 0 Å². The fraction of sp³-hybridized carbons (Fsp3) is 0.800. The molecule has 88 valence electrons. The topological polar surface area (TPSA) is 52.6 Å². The molecule has 0 fully saturated rings. The van der Waals surface area contributed by atoms with Crippen LogP contribution in [0, 0.1) is 5.41 Å². The van der Waals surface area contributed by atoms with E-state index < -0.39 is 10.7 Å². The Morgan fingerprint density at radius 3 is 2.27 bits per heavy atom. The Labute approximate surface area is 94.7 Å². The molecule has 15 heavy (non-hydrogen) atoms. The molecule has 0 unspecified atom stereocenters. The van der Waals surface area contributed by atoms with Crippen molar-refractivity contribution in [3.05, 3.63) is 0 Å². The van der Waals surface area contributed by atoms with Crippen LogP contribution in [0.5, 0.6) is 0 Å². The van der Waals surface area contributed by atoms with Crippen LogP contribution in [0.3, 0.4) is 0 Å². The molecule has 0 aromatic carbocycles. The van der Waals surface area contributed by atoms with E-state index in [1.807, 2.05) is 6.92 Å². The maximum atomic E-state index is 11.2. The van der Waals surface area contributed by atoms with Crippen molar-refractivity contribution in [2.24, 2.45) is 5.41 Å². The van der Waals surface area contributed by atoms with Crippen molar-refractivity contribution < 1.29 is 19.1 Å². The van der Waals surface area contributed by atoms with Gasteiger partial charge < -0.3 is 9.47 Å². The molecule has 0 saturated heterocycles. The third-order valence-corrected chi connectivity index (χ3v) is 2.37. The zero-order chi connectivity index (χ0) is 11.9. The van der Waals surface area contributed by atoms with E-state index in [4.69, 9.17) is 9.47 Å². The summed E-state index contributed by atoms with van der Waals surface area (Å²) < 4.78 is 9.45. The van der Waals surface area contributed by atoms with E-state index in [0.29, 0.717) is 5.75 Å². The Balaban J connectivity index is 3.62. The molecule has 0 heterocycles. The molecule has 0 radical (unpaired) electrons. The molecule has 0 aliphatic rings. The molecule has 0 aliphatic heterocycles. The van der Waals surface area contributed by atoms with Gasteiger partial charge in [0.1, 0.15) is 0 Å². The van der Waals surface area contributed by atoms with E-state index in [1.165, 1.54) is 0 Å². The summed E-state index contributed by atoms with van der Waals surface area (Å²) in [4.78, 5) is 22.2. The number of thioether (sulfide) groups is 1. The molecule has 0 amide bonds. The third-order valence-electron chi connectivity index (χ3n) is 1.40. The lowest BCUT2D eigenvalue weighted by molar-refractivity contribution is -0.160. The maximum absolute atomic E-state index is 11.2. The fourth-order valence-electron chi connectivity index (χ4n) is 0.575. The van der Waals surface area contributed by atoms with Gasteiger partial charge in [-0.1, -0.05) is 6.92 Å². The van der Waals surface area contributed by atoms with E-state index in [2.05, 4.69) is 0 Å². The molecule has 0 saturated carbocycles. The minimum Gasteiger partial charge on any atom is -0.427 e. The monoisotopic (exact) mass is 234 g/mol. The second kappa shape index (κ2) is 6.71. The Hall–Kier alpha value is -0.710. The average molecular weight is 234 g/mol. The molecule has 0 spiro atoms. The number of hydrogen-bond donors (Lipinski definition) is 0. The number of esters is 1. The lowest BCUT2D eigenvalue weighted by Gasteiger charge is -2.16. The summed E-state index contributed by atoms with van der Waals surface area (Å²) in [7, 11) is 0. The third kappa shape index (κ3) is 7.25. The number of ether oxygens (including phenoxy) is 2. The van der Waals surface area contributed by atoms with Gasteiger partial charge in [-0.05, 0) is 39.0 Å². The first kappa shape index (κ1) is 14.3. The number of rotatable bonds is 4. The molecule has 0 aliphatic carbocycles. The largest absolute Gasteiger partial charge is 0.427 e. The van der Waals surface area contributed by atoms with Crippen LogP contribution in [0.25, 0.3) is 0 Å². The van der Waals surface area contributed by atoms with Crippen molar-refractivity contribution in [2.75, 3.05) is 12.5 Å². The van der Waals surface area contributed by atoms with Gasteiger partial charge in [-0.3, -0.25) is 4.79 Å². The van der Waals surface area contributed by atoms with E-state index in [-0.39, 0.29) is 12.8 Å². The van der Waals surface area contributed by atoms with Gasteiger partial charge in [0.05, 0.1) is 5.41 Å². The van der Waals surface area contributed by atoms with Gasteiger partial charge in [0.25, 0.3) is 0 Å². The average Bonchev–Trinajstić information content (AvgIpc) is 2.13. The summed E-state index contributed by atoms with van der Waals surface area (Å²) in [6.45, 7) is 6.89. The van der Waals surface area contributed by atoms with Crippen LogP contribution in [-0.2, 0) is 14.3 Å². The first-order valence-electron chi connectivity index (χ1n) is 4.84. The van der Waals surface area contributed by atoms with Crippen molar-refractivity contribution in [1.29, 1.82) is 0 Å². The minimum atomic E-state index is -0.566. The Kier molecular flexibility index (Phi) is 6.40. The molecule has 0 N–H and O–H groups in total. The van der Waals surface area contributed by atoms with Crippen molar-refractivity contribution in [3.8, 4) is 0 Å². The summed E-state index contributed by atoms with van der Waals surface area (Å²) in [6, 6.07) is 0. The van der Waals surface area contributed by atoms with Gasteiger partial charge in [0.15, 0.2) is 0 Å². The van der Waals surface area contributed by atoms with Crippen molar-refractivity contribution >= 4 is 23.0 Å². The summed E-state index contributed by atoms with van der Waals surface area (Å²) in [5.41, 5.74) is -0.566. The summed E-state index contributed by atoms with van der Waals surface area (Å²) in [5.74, 6) is 0.335. The molecule has 0 aromatic rings. The number of hydrogen-bond acceptors (Lipinski definition) is 5. The quantitative estimate of drug-likeness (QED) is 0.553. The predicted molar refractivity (Wildman–Crippen MR) is 59.6 cm³/mol. The highest BCUT2D eigenvalue weighted by Crippen LogP contribution is 2.15. The zero-order valence-corrected chi connectivity index (χ0v) is 10.5. The highest BCUT2D eigenvalue weighted by Gasteiger charge is 2.23. The molecule has 0 bridgehead atoms. The van der Waals surface area contributed by atoms with Gasteiger partial charge in [-0.15, -0.1) is 0 Å². The second-order valence-electron chi connectivity index (χ2n) is 4.04. The van der Waals surface area contributed by atoms with Crippen molar-refractivity contribution in [2.45, 2.75) is 34.1 Å². The smallest absolute Gasteiger partial charge is 0.370 e. The van der Waals surface area contributed by atoms with Crippen LogP contribution >= 0.6 is 11.8 Å². The summed E-state index contributed by atoms with van der Waals surface area (Å²) in [6.07, 6.45) is 0.904. The first-order valence-corrected chi connectivity index (χ1v) is 5.83. The molecular formula is C10H18O4S. The minimum absolute atomic E-state index is 0.300. The van der Waals surface area contributed by atoms with Gasteiger partial charge in [0, 0.05) is 5.75 Å². The molecular weight excluding hydrogens is 216 g/mol. The van der Waals surface area contributed by atoms with Crippen LogP contribution < -0.4 is 0 Å². The molecule has 5 heteroatoms. The van der Waals surface area contributed by atoms with Gasteiger partial charge in [-0.2, -0.15) is 0 Å². The lowest BCUT2D eigenvalue weighted by atomic mass is 9.98. The first-order chi connectivity index (χ1) is 6.88. The molecule has 0 rings (SSSR count). The normalized spacial score (nSPS) is 10.9. The van der Waals surface area contributed by atoms with Gasteiger partial charge in [-0.25, -0.2) is 4.79 Å². The van der Waals surface area contributed by atoms with Crippen LogP contribution in [0.15, 0.2) is 0 Å². The van der Waals surface area contributed by atoms with Gasteiger partial charge in [0.2, 0.25) is 6.79 Å². The highest BCUT2D eigenvalue weighted by molar-refractivity contribution is 8.13. The Morgan fingerprint density at radius 2 is 1.80 bits per heavy atom. The molecule has 4 nitrogen and oxygen atoms in total. The number of carbonyl (C=O) groups is 2. The summed E-state index contributed by atoms with van der Waals surface area (Å²) >= 11 is 1.08. The van der Waals surface area contributed by atoms with E-state index in [0.717, 1.165) is 18.2 Å². The fourth-order valence-corrected chi connectivity index (χ4v) is 1.08. The summed E-state index contributed by atoms with van der Waals surface area (Å²) in [5, 5.41) is -0.404.